The van der Waals surface area contributed by atoms with E-state index in [1.807, 2.05) is 0 Å². The molecule has 0 aromatic rings. The molecule has 0 rings (SSSR count). The van der Waals surface area contributed by atoms with Gasteiger partial charge in [-0.15, -0.1) is 0 Å². The van der Waals surface area contributed by atoms with Gasteiger partial charge in [-0.25, -0.2) is 0 Å². The standard InChI is InChI=1S/C8H15NO3/c1-11-8(12-2)5-3-4-7(10)6-9/h7-8,10H,3-5H2,1-2H3. The average Bonchev–Trinajstić information content (AvgIpc) is 2.12. The van der Waals surface area contributed by atoms with E-state index in [-0.39, 0.29) is 6.29 Å². The normalized spacial score (nSPS) is 12.9. The molecular formula is C8H15NO3. The van der Waals surface area contributed by atoms with Crippen LogP contribution in [-0.4, -0.2) is 31.7 Å². The number of hydrogen-bond donors (Lipinski definition) is 1. The Balaban J connectivity index is 3.36. The van der Waals surface area contributed by atoms with Gasteiger partial charge in [0.05, 0.1) is 6.07 Å². The van der Waals surface area contributed by atoms with Crippen LogP contribution < -0.4 is 0 Å². The van der Waals surface area contributed by atoms with E-state index in [2.05, 4.69) is 0 Å². The summed E-state index contributed by atoms with van der Waals surface area (Å²) in [6.45, 7) is 0. The summed E-state index contributed by atoms with van der Waals surface area (Å²) in [4.78, 5) is 0. The molecule has 12 heavy (non-hydrogen) atoms. The van der Waals surface area contributed by atoms with Crippen LogP contribution in [0.4, 0.5) is 0 Å². The number of aliphatic hydroxyl groups is 1. The molecule has 70 valence electrons. The maximum Gasteiger partial charge on any atom is 0.156 e. The molecule has 0 aromatic heterocycles. The number of hydrogen-bond acceptors (Lipinski definition) is 4. The fourth-order valence-corrected chi connectivity index (χ4v) is 0.874. The SMILES string of the molecule is COC(CCCC(O)C#N)OC. The molecule has 1 N–H and O–H groups in total. The van der Waals surface area contributed by atoms with Crippen molar-refractivity contribution in [3.8, 4) is 6.07 Å². The van der Waals surface area contributed by atoms with Gasteiger partial charge in [0, 0.05) is 14.2 Å². The van der Waals surface area contributed by atoms with Crippen molar-refractivity contribution in [1.82, 2.24) is 0 Å². The minimum atomic E-state index is -0.862. The van der Waals surface area contributed by atoms with Crippen LogP contribution in [0.5, 0.6) is 0 Å². The molecule has 0 aliphatic carbocycles. The fraction of sp³-hybridized carbons (Fsp3) is 0.875. The lowest BCUT2D eigenvalue weighted by molar-refractivity contribution is -0.107. The third-order valence-corrected chi connectivity index (χ3v) is 1.59. The van der Waals surface area contributed by atoms with Crippen LogP contribution in [0.15, 0.2) is 0 Å². The second-order valence-electron chi connectivity index (χ2n) is 2.48. The van der Waals surface area contributed by atoms with Gasteiger partial charge in [-0.2, -0.15) is 5.26 Å². The Morgan fingerprint density at radius 3 is 2.33 bits per heavy atom. The van der Waals surface area contributed by atoms with Crippen LogP contribution in [0.25, 0.3) is 0 Å². The van der Waals surface area contributed by atoms with Gasteiger partial charge in [0.2, 0.25) is 0 Å². The van der Waals surface area contributed by atoms with E-state index in [9.17, 15) is 0 Å². The topological polar surface area (TPSA) is 62.5 Å². The van der Waals surface area contributed by atoms with Crippen molar-refractivity contribution in [3.05, 3.63) is 0 Å². The first-order valence-electron chi connectivity index (χ1n) is 3.87. The van der Waals surface area contributed by atoms with E-state index in [4.69, 9.17) is 19.8 Å². The third-order valence-electron chi connectivity index (χ3n) is 1.59. The summed E-state index contributed by atoms with van der Waals surface area (Å²) in [5.74, 6) is 0. The number of nitrogens with zero attached hydrogens (tertiary/aromatic N) is 1. The van der Waals surface area contributed by atoms with Crippen molar-refractivity contribution in [1.29, 1.82) is 5.26 Å². The molecule has 0 aromatic carbocycles. The van der Waals surface area contributed by atoms with Crippen LogP contribution in [0.3, 0.4) is 0 Å². The third kappa shape index (κ3) is 5.08. The smallest absolute Gasteiger partial charge is 0.156 e. The number of methoxy groups -OCH3 is 2. The molecule has 0 aliphatic heterocycles. The molecule has 1 unspecified atom stereocenters. The Morgan fingerprint density at radius 1 is 1.33 bits per heavy atom. The zero-order valence-electron chi connectivity index (χ0n) is 7.49. The Kier molecular flexibility index (Phi) is 6.67. The summed E-state index contributed by atoms with van der Waals surface area (Å²) in [6.07, 6.45) is 0.808. The van der Waals surface area contributed by atoms with Crippen molar-refractivity contribution in [3.63, 3.8) is 0 Å². The highest BCUT2D eigenvalue weighted by molar-refractivity contribution is 4.81. The monoisotopic (exact) mass is 173 g/mol. The first kappa shape index (κ1) is 11.4. The van der Waals surface area contributed by atoms with Gasteiger partial charge in [0.15, 0.2) is 6.29 Å². The molecule has 0 aliphatic rings. The minimum Gasteiger partial charge on any atom is -0.378 e. The zero-order chi connectivity index (χ0) is 9.40. The molecular weight excluding hydrogens is 158 g/mol. The van der Waals surface area contributed by atoms with Crippen molar-refractivity contribution in [2.75, 3.05) is 14.2 Å². The Bertz CT molecular complexity index is 140. The molecule has 0 fully saturated rings. The summed E-state index contributed by atoms with van der Waals surface area (Å²) in [7, 11) is 3.13. The Morgan fingerprint density at radius 2 is 1.92 bits per heavy atom. The largest absolute Gasteiger partial charge is 0.378 e. The van der Waals surface area contributed by atoms with Gasteiger partial charge in [-0.05, 0) is 19.3 Å². The molecule has 0 radical (unpaired) electrons. The fourth-order valence-electron chi connectivity index (χ4n) is 0.874. The van der Waals surface area contributed by atoms with Crippen LogP contribution in [0.1, 0.15) is 19.3 Å². The van der Waals surface area contributed by atoms with Crippen LogP contribution in [0, 0.1) is 11.3 Å². The lowest BCUT2D eigenvalue weighted by Gasteiger charge is -2.12. The quantitative estimate of drug-likeness (QED) is 0.473. The molecule has 0 spiro atoms. The van der Waals surface area contributed by atoms with Gasteiger partial charge in [-0.3, -0.25) is 0 Å². The molecule has 4 heteroatoms. The number of rotatable bonds is 6. The summed E-state index contributed by atoms with van der Waals surface area (Å²) in [5.41, 5.74) is 0. The maximum atomic E-state index is 8.87. The number of aliphatic hydroxyl groups excluding tert-OH is 1. The predicted molar refractivity (Wildman–Crippen MR) is 43.3 cm³/mol. The Hall–Kier alpha value is -0.630. The number of ether oxygens (including phenoxy) is 2. The van der Waals surface area contributed by atoms with Gasteiger partial charge < -0.3 is 14.6 Å². The molecule has 0 amide bonds. The van der Waals surface area contributed by atoms with Crippen molar-refractivity contribution >= 4 is 0 Å². The first-order chi connectivity index (χ1) is 5.74. The number of nitriles is 1. The van der Waals surface area contributed by atoms with E-state index < -0.39 is 6.10 Å². The van der Waals surface area contributed by atoms with Crippen LogP contribution >= 0.6 is 0 Å². The van der Waals surface area contributed by atoms with Gasteiger partial charge >= 0.3 is 0 Å². The first-order valence-corrected chi connectivity index (χ1v) is 3.87. The van der Waals surface area contributed by atoms with E-state index in [0.29, 0.717) is 12.8 Å². The summed E-state index contributed by atoms with van der Waals surface area (Å²) >= 11 is 0. The lowest BCUT2D eigenvalue weighted by Crippen LogP contribution is -2.13. The van der Waals surface area contributed by atoms with Crippen LogP contribution in [0.2, 0.25) is 0 Å². The molecule has 0 saturated carbocycles. The predicted octanol–water partition coefficient (Wildman–Crippen LogP) is 0.660. The highest BCUT2D eigenvalue weighted by Gasteiger charge is 2.06. The zero-order valence-corrected chi connectivity index (χ0v) is 7.49. The summed E-state index contributed by atoms with van der Waals surface area (Å²) in [6, 6.07) is 1.75. The second-order valence-corrected chi connectivity index (χ2v) is 2.48. The van der Waals surface area contributed by atoms with E-state index in [1.54, 1.807) is 20.3 Å². The second kappa shape index (κ2) is 7.04. The van der Waals surface area contributed by atoms with Gasteiger partial charge in [-0.1, -0.05) is 0 Å². The molecule has 0 bridgehead atoms. The average molecular weight is 173 g/mol. The van der Waals surface area contributed by atoms with Crippen molar-refractivity contribution < 1.29 is 14.6 Å². The summed E-state index contributed by atoms with van der Waals surface area (Å²) in [5, 5.41) is 17.1. The lowest BCUT2D eigenvalue weighted by atomic mass is 10.1. The van der Waals surface area contributed by atoms with Crippen molar-refractivity contribution in [2.45, 2.75) is 31.7 Å². The Labute approximate surface area is 72.7 Å². The summed E-state index contributed by atoms with van der Waals surface area (Å²) < 4.78 is 9.86. The molecule has 1 atom stereocenters. The molecule has 0 saturated heterocycles. The van der Waals surface area contributed by atoms with Gasteiger partial charge in [0.25, 0.3) is 0 Å². The van der Waals surface area contributed by atoms with Crippen molar-refractivity contribution in [2.24, 2.45) is 0 Å². The van der Waals surface area contributed by atoms with E-state index in [0.717, 1.165) is 6.42 Å². The maximum absolute atomic E-state index is 8.87. The molecule has 4 nitrogen and oxygen atoms in total. The van der Waals surface area contributed by atoms with Gasteiger partial charge in [0.1, 0.15) is 6.10 Å². The highest BCUT2D eigenvalue weighted by Crippen LogP contribution is 2.06. The molecule has 0 heterocycles. The van der Waals surface area contributed by atoms with Crippen LogP contribution in [-0.2, 0) is 9.47 Å². The van der Waals surface area contributed by atoms with E-state index >= 15 is 0 Å². The minimum absolute atomic E-state index is 0.226. The van der Waals surface area contributed by atoms with E-state index in [1.165, 1.54) is 0 Å². The highest BCUT2D eigenvalue weighted by atomic mass is 16.7.